The van der Waals surface area contributed by atoms with E-state index >= 15 is 0 Å². The van der Waals surface area contributed by atoms with E-state index in [0.29, 0.717) is 0 Å². The summed E-state index contributed by atoms with van der Waals surface area (Å²) in [5.41, 5.74) is 0. The molecule has 0 aliphatic heterocycles. The van der Waals surface area contributed by atoms with Gasteiger partial charge in [0.05, 0.1) is 6.20 Å². The highest BCUT2D eigenvalue weighted by molar-refractivity contribution is 7.89. The van der Waals surface area contributed by atoms with Crippen molar-refractivity contribution < 1.29 is 17.9 Å². The summed E-state index contributed by atoms with van der Waals surface area (Å²) in [7, 11) is -3.75. The van der Waals surface area contributed by atoms with Gasteiger partial charge in [-0.25, -0.2) is 17.5 Å². The Morgan fingerprint density at radius 2 is 2.25 bits per heavy atom. The van der Waals surface area contributed by atoms with Crippen molar-refractivity contribution >= 4 is 10.0 Å². The predicted octanol–water partition coefficient (Wildman–Crippen LogP) is 0.127. The molecular formula is C9H13FN2O3S. The largest absolute Gasteiger partial charge is 0.396 e. The quantitative estimate of drug-likeness (QED) is 0.776. The van der Waals surface area contributed by atoms with E-state index in [0.717, 1.165) is 18.5 Å². The average molecular weight is 248 g/mol. The number of hydrogen-bond acceptors (Lipinski definition) is 4. The fraction of sp³-hybridized carbons (Fsp3) is 0.444. The Morgan fingerprint density at radius 3 is 2.81 bits per heavy atom. The average Bonchev–Trinajstić information content (AvgIpc) is 2.26. The summed E-state index contributed by atoms with van der Waals surface area (Å²) in [6.07, 6.45) is 1.99. The lowest BCUT2D eigenvalue weighted by Crippen LogP contribution is -2.29. The molecule has 1 rings (SSSR count). The molecule has 0 spiro atoms. The zero-order chi connectivity index (χ0) is 12.2. The lowest BCUT2D eigenvalue weighted by molar-refractivity contribution is 0.238. The summed E-state index contributed by atoms with van der Waals surface area (Å²) in [5, 5.41) is 8.74. The molecule has 1 unspecified atom stereocenters. The number of pyridine rings is 1. The van der Waals surface area contributed by atoms with Gasteiger partial charge in [-0.3, -0.25) is 4.98 Å². The fourth-order valence-corrected chi connectivity index (χ4v) is 2.08. The van der Waals surface area contributed by atoms with E-state index in [-0.39, 0.29) is 24.0 Å². The molecule has 5 nitrogen and oxygen atoms in total. The highest BCUT2D eigenvalue weighted by Crippen LogP contribution is 2.08. The van der Waals surface area contributed by atoms with Crippen LogP contribution >= 0.6 is 0 Å². The minimum atomic E-state index is -3.75. The smallest absolute Gasteiger partial charge is 0.242 e. The highest BCUT2D eigenvalue weighted by atomic mass is 32.2. The third kappa shape index (κ3) is 3.51. The number of aromatic nitrogens is 1. The third-order valence-corrected chi connectivity index (χ3v) is 3.31. The lowest BCUT2D eigenvalue weighted by Gasteiger charge is -2.09. The molecule has 1 atom stereocenters. The summed E-state index contributed by atoms with van der Waals surface area (Å²) in [5.74, 6) is -0.908. The number of rotatable bonds is 5. The van der Waals surface area contributed by atoms with E-state index in [4.69, 9.17) is 5.11 Å². The van der Waals surface area contributed by atoms with Crippen LogP contribution in [0.3, 0.4) is 0 Å². The second kappa shape index (κ2) is 5.33. The Kier molecular flexibility index (Phi) is 4.34. The summed E-state index contributed by atoms with van der Waals surface area (Å²) in [6.45, 7) is 1.66. The van der Waals surface area contributed by atoms with Crippen LogP contribution in [0.4, 0.5) is 4.39 Å². The van der Waals surface area contributed by atoms with Crippen LogP contribution in [0.2, 0.25) is 0 Å². The summed E-state index contributed by atoms with van der Waals surface area (Å²) in [6, 6.07) is 0.888. The zero-order valence-corrected chi connectivity index (χ0v) is 9.54. The minimum absolute atomic E-state index is 0.0926. The van der Waals surface area contributed by atoms with Crippen molar-refractivity contribution in [2.24, 2.45) is 5.92 Å². The third-order valence-electron chi connectivity index (χ3n) is 1.92. The molecule has 0 aromatic carbocycles. The van der Waals surface area contributed by atoms with Crippen LogP contribution in [0.5, 0.6) is 0 Å². The molecule has 16 heavy (non-hydrogen) atoms. The van der Waals surface area contributed by atoms with Crippen LogP contribution in [0.15, 0.2) is 23.4 Å². The molecule has 0 saturated heterocycles. The van der Waals surface area contributed by atoms with Gasteiger partial charge >= 0.3 is 0 Å². The van der Waals surface area contributed by atoms with E-state index in [1.165, 1.54) is 0 Å². The van der Waals surface area contributed by atoms with Gasteiger partial charge in [-0.15, -0.1) is 0 Å². The van der Waals surface area contributed by atoms with Crippen LogP contribution < -0.4 is 4.72 Å². The highest BCUT2D eigenvalue weighted by Gasteiger charge is 2.15. The first-order valence-corrected chi connectivity index (χ1v) is 6.15. The van der Waals surface area contributed by atoms with Gasteiger partial charge in [0.1, 0.15) is 10.7 Å². The maximum absolute atomic E-state index is 12.8. The van der Waals surface area contributed by atoms with Crippen LogP contribution in [0, 0.1) is 11.7 Å². The molecule has 1 heterocycles. The SMILES string of the molecule is CC(CO)CNS(=O)(=O)c1cncc(F)c1. The maximum atomic E-state index is 12.8. The van der Waals surface area contributed by atoms with Gasteiger partial charge < -0.3 is 5.11 Å². The van der Waals surface area contributed by atoms with E-state index < -0.39 is 15.8 Å². The molecular weight excluding hydrogens is 235 g/mol. The first kappa shape index (κ1) is 13.0. The summed E-state index contributed by atoms with van der Waals surface area (Å²) >= 11 is 0. The van der Waals surface area contributed by atoms with Gasteiger partial charge in [0.15, 0.2) is 0 Å². The Bertz CT molecular complexity index is 450. The van der Waals surface area contributed by atoms with Crippen LogP contribution in [-0.2, 0) is 10.0 Å². The molecule has 7 heteroatoms. The van der Waals surface area contributed by atoms with Crippen molar-refractivity contribution in [2.75, 3.05) is 13.2 Å². The molecule has 0 saturated carbocycles. The van der Waals surface area contributed by atoms with Crippen molar-refractivity contribution in [3.63, 3.8) is 0 Å². The number of aliphatic hydroxyl groups excluding tert-OH is 1. The van der Waals surface area contributed by atoms with Crippen LogP contribution in [0.1, 0.15) is 6.92 Å². The Hall–Kier alpha value is -1.05. The van der Waals surface area contributed by atoms with E-state index in [9.17, 15) is 12.8 Å². The number of halogens is 1. The van der Waals surface area contributed by atoms with E-state index in [1.54, 1.807) is 6.92 Å². The number of nitrogens with zero attached hydrogens (tertiary/aromatic N) is 1. The molecule has 0 bridgehead atoms. The van der Waals surface area contributed by atoms with E-state index in [2.05, 4.69) is 9.71 Å². The van der Waals surface area contributed by atoms with Crippen molar-refractivity contribution in [1.29, 1.82) is 0 Å². The normalized spacial score (nSPS) is 13.7. The van der Waals surface area contributed by atoms with Crippen molar-refractivity contribution in [1.82, 2.24) is 9.71 Å². The number of sulfonamides is 1. The number of nitrogens with one attached hydrogen (secondary N) is 1. The number of aliphatic hydroxyl groups is 1. The molecule has 0 aliphatic rings. The first-order chi connectivity index (χ1) is 7.45. The number of hydrogen-bond donors (Lipinski definition) is 2. The van der Waals surface area contributed by atoms with Gasteiger partial charge in [0.2, 0.25) is 10.0 Å². The van der Waals surface area contributed by atoms with Gasteiger partial charge in [0.25, 0.3) is 0 Å². The molecule has 0 radical (unpaired) electrons. The van der Waals surface area contributed by atoms with Crippen molar-refractivity contribution in [2.45, 2.75) is 11.8 Å². The summed E-state index contributed by atoms with van der Waals surface area (Å²) in [4.78, 5) is 3.23. The molecule has 2 N–H and O–H groups in total. The molecule has 1 aromatic rings. The monoisotopic (exact) mass is 248 g/mol. The summed E-state index contributed by atoms with van der Waals surface area (Å²) < 4.78 is 38.2. The van der Waals surface area contributed by atoms with Crippen molar-refractivity contribution in [3.8, 4) is 0 Å². The second-order valence-corrected chi connectivity index (χ2v) is 5.25. The second-order valence-electron chi connectivity index (χ2n) is 3.48. The fourth-order valence-electron chi connectivity index (χ4n) is 0.939. The molecule has 1 aromatic heterocycles. The molecule has 0 aliphatic carbocycles. The topological polar surface area (TPSA) is 79.3 Å². The zero-order valence-electron chi connectivity index (χ0n) is 8.72. The van der Waals surface area contributed by atoms with Gasteiger partial charge in [-0.1, -0.05) is 6.92 Å². The minimum Gasteiger partial charge on any atom is -0.396 e. The van der Waals surface area contributed by atoms with Gasteiger partial charge in [-0.2, -0.15) is 0 Å². The molecule has 0 amide bonds. The molecule has 90 valence electrons. The van der Waals surface area contributed by atoms with Gasteiger partial charge in [0, 0.05) is 19.3 Å². The molecule has 0 fully saturated rings. The van der Waals surface area contributed by atoms with E-state index in [1.807, 2.05) is 0 Å². The van der Waals surface area contributed by atoms with Gasteiger partial charge in [-0.05, 0) is 12.0 Å². The predicted molar refractivity (Wildman–Crippen MR) is 55.6 cm³/mol. The Balaban J connectivity index is 2.78. The maximum Gasteiger partial charge on any atom is 0.242 e. The Labute approximate surface area is 93.4 Å². The first-order valence-electron chi connectivity index (χ1n) is 4.67. The van der Waals surface area contributed by atoms with Crippen LogP contribution in [-0.4, -0.2) is 31.7 Å². The van der Waals surface area contributed by atoms with Crippen LogP contribution in [0.25, 0.3) is 0 Å². The lowest BCUT2D eigenvalue weighted by atomic mass is 10.2. The van der Waals surface area contributed by atoms with Crippen molar-refractivity contribution in [3.05, 3.63) is 24.3 Å². The standard InChI is InChI=1S/C9H13FN2O3S/c1-7(6-13)3-12-16(14,15)9-2-8(10)4-11-5-9/h2,4-5,7,12-13H,3,6H2,1H3. The Morgan fingerprint density at radius 1 is 1.56 bits per heavy atom.